The third-order valence-electron chi connectivity index (χ3n) is 11.5. The summed E-state index contributed by atoms with van der Waals surface area (Å²) < 4.78 is 18.1. The predicted molar refractivity (Wildman–Crippen MR) is 228 cm³/mol. The Balaban J connectivity index is 1.14. The highest BCUT2D eigenvalue weighted by Crippen LogP contribution is 2.45. The first kappa shape index (κ1) is 29.7. The molecule has 8 aromatic carbocycles. The van der Waals surface area contributed by atoms with Crippen molar-refractivity contribution in [2.75, 3.05) is 0 Å². The van der Waals surface area contributed by atoms with Crippen LogP contribution in [0.2, 0.25) is 0 Å². The number of para-hydroxylation sites is 4. The van der Waals surface area contributed by atoms with E-state index in [2.05, 4.69) is 143 Å². The lowest BCUT2D eigenvalue weighted by Gasteiger charge is -2.12. The van der Waals surface area contributed by atoms with Crippen LogP contribution in [0.3, 0.4) is 0 Å². The number of benzene rings is 8. The number of rotatable bonds is 3. The van der Waals surface area contributed by atoms with Crippen molar-refractivity contribution in [3.63, 3.8) is 0 Å². The van der Waals surface area contributed by atoms with Gasteiger partial charge in [0.25, 0.3) is 0 Å². The van der Waals surface area contributed by atoms with Gasteiger partial charge in [-0.2, -0.15) is 0 Å². The Bertz CT molecular complexity index is 3720. The lowest BCUT2D eigenvalue weighted by atomic mass is 10.0. The molecule has 0 N–H and O–H groups in total. The van der Waals surface area contributed by atoms with Crippen molar-refractivity contribution < 1.29 is 8.83 Å². The Labute approximate surface area is 318 Å². The maximum absolute atomic E-state index is 7.11. The fourth-order valence-corrected chi connectivity index (χ4v) is 9.14. The first-order chi connectivity index (χ1) is 27.8. The van der Waals surface area contributed by atoms with Crippen LogP contribution in [-0.2, 0) is 0 Å². The number of hydrogen-bond acceptors (Lipinski definition) is 4. The second-order valence-corrected chi connectivity index (χ2v) is 14.5. The van der Waals surface area contributed by atoms with E-state index >= 15 is 0 Å². The molecule has 5 heterocycles. The summed E-state index contributed by atoms with van der Waals surface area (Å²) in [7, 11) is 0. The molecule has 260 valence electrons. The quantitative estimate of drug-likeness (QED) is 0.183. The highest BCUT2D eigenvalue weighted by molar-refractivity contribution is 6.27. The van der Waals surface area contributed by atoms with Gasteiger partial charge >= 0.3 is 0 Å². The zero-order valence-corrected chi connectivity index (χ0v) is 29.8. The molecule has 13 rings (SSSR count). The van der Waals surface area contributed by atoms with Crippen LogP contribution >= 0.6 is 0 Å². The molecule has 56 heavy (non-hydrogen) atoms. The summed E-state index contributed by atoms with van der Waals surface area (Å²) in [5.41, 5.74) is 11.1. The van der Waals surface area contributed by atoms with Gasteiger partial charge in [0.15, 0.2) is 5.58 Å². The standard InChI is InChI=1S/C50H28N4O2/c1-2-14-29(15-3-1)45-49-46(36-21-9-13-25-43(36)55-49)52-50(51-45)54-40-24-12-8-20-35(40)44-41(54)27-26-34-37-28-42(32-18-4-5-19-33(32)47(37)56-48(34)44)53-38-22-10-6-16-30(38)31-17-7-11-23-39(31)53/h1-28H. The molecule has 0 aliphatic rings. The summed E-state index contributed by atoms with van der Waals surface area (Å²) in [4.78, 5) is 10.6. The fourth-order valence-electron chi connectivity index (χ4n) is 9.14. The Morgan fingerprint density at radius 1 is 0.375 bits per heavy atom. The van der Waals surface area contributed by atoms with Crippen molar-refractivity contribution >= 4 is 98.4 Å². The summed E-state index contributed by atoms with van der Waals surface area (Å²) in [5.74, 6) is 0.573. The predicted octanol–water partition coefficient (Wildman–Crippen LogP) is 13.3. The first-order valence-corrected chi connectivity index (χ1v) is 18.8. The van der Waals surface area contributed by atoms with E-state index in [1.165, 1.54) is 21.8 Å². The van der Waals surface area contributed by atoms with Crippen molar-refractivity contribution in [2.24, 2.45) is 0 Å². The van der Waals surface area contributed by atoms with Gasteiger partial charge in [-0.1, -0.05) is 121 Å². The van der Waals surface area contributed by atoms with Crippen LogP contribution < -0.4 is 0 Å². The van der Waals surface area contributed by atoms with Gasteiger partial charge in [0.1, 0.15) is 28.0 Å². The van der Waals surface area contributed by atoms with E-state index < -0.39 is 0 Å². The first-order valence-electron chi connectivity index (χ1n) is 18.8. The average molecular weight is 717 g/mol. The molecular formula is C50H28N4O2. The number of furan rings is 2. The number of aromatic nitrogens is 4. The third kappa shape index (κ3) is 3.89. The second kappa shape index (κ2) is 10.9. The van der Waals surface area contributed by atoms with Crippen molar-refractivity contribution in [1.82, 2.24) is 19.1 Å². The van der Waals surface area contributed by atoms with Gasteiger partial charge < -0.3 is 13.4 Å². The number of hydrogen-bond donors (Lipinski definition) is 0. The Hall–Kier alpha value is -7.70. The molecule has 0 saturated heterocycles. The number of fused-ring (bicyclic) bond motifs is 15. The van der Waals surface area contributed by atoms with Crippen LogP contribution in [0.25, 0.3) is 121 Å². The molecule has 0 radical (unpaired) electrons. The summed E-state index contributed by atoms with van der Waals surface area (Å²) in [5, 5.41) is 9.86. The van der Waals surface area contributed by atoms with E-state index in [4.69, 9.17) is 18.8 Å². The van der Waals surface area contributed by atoms with Gasteiger partial charge in [0.05, 0.1) is 33.1 Å². The van der Waals surface area contributed by atoms with Gasteiger partial charge in [-0.3, -0.25) is 4.57 Å². The van der Waals surface area contributed by atoms with Gasteiger partial charge in [-0.25, -0.2) is 9.97 Å². The van der Waals surface area contributed by atoms with E-state index in [9.17, 15) is 0 Å². The molecule has 0 aliphatic heterocycles. The van der Waals surface area contributed by atoms with E-state index in [-0.39, 0.29) is 0 Å². The zero-order valence-electron chi connectivity index (χ0n) is 29.8. The van der Waals surface area contributed by atoms with E-state index in [1.54, 1.807) is 0 Å². The van der Waals surface area contributed by atoms with Crippen LogP contribution in [0.5, 0.6) is 0 Å². The smallest absolute Gasteiger partial charge is 0.236 e. The van der Waals surface area contributed by atoms with Crippen LogP contribution in [0.1, 0.15) is 0 Å². The monoisotopic (exact) mass is 716 g/mol. The van der Waals surface area contributed by atoms with Gasteiger partial charge in [-0.15, -0.1) is 0 Å². The molecule has 6 heteroatoms. The van der Waals surface area contributed by atoms with Crippen molar-refractivity contribution in [3.8, 4) is 22.9 Å². The van der Waals surface area contributed by atoms with E-state index in [0.29, 0.717) is 11.5 Å². The summed E-state index contributed by atoms with van der Waals surface area (Å²) >= 11 is 0. The molecule has 0 amide bonds. The Morgan fingerprint density at radius 3 is 1.71 bits per heavy atom. The molecule has 6 nitrogen and oxygen atoms in total. The van der Waals surface area contributed by atoms with Crippen molar-refractivity contribution in [3.05, 3.63) is 170 Å². The zero-order chi connectivity index (χ0) is 36.5. The van der Waals surface area contributed by atoms with Crippen LogP contribution in [0.15, 0.2) is 179 Å². The Kier molecular flexibility index (Phi) is 5.80. The van der Waals surface area contributed by atoms with Crippen LogP contribution in [0.4, 0.5) is 0 Å². The molecule has 0 bridgehead atoms. The third-order valence-corrected chi connectivity index (χ3v) is 11.5. The second-order valence-electron chi connectivity index (χ2n) is 14.5. The molecule has 0 aliphatic carbocycles. The minimum absolute atomic E-state index is 0.573. The van der Waals surface area contributed by atoms with Gasteiger partial charge in [0.2, 0.25) is 5.95 Å². The SMILES string of the molecule is c1ccc(-c2nc(-n3c4ccccc4c4c5oc6c7ccccc7c(-n7c8ccccc8c8ccccc87)cc6c5ccc43)nc3c2oc2ccccc23)cc1. The van der Waals surface area contributed by atoms with E-state index in [0.717, 1.165) is 87.9 Å². The summed E-state index contributed by atoms with van der Waals surface area (Å²) in [6.45, 7) is 0. The largest absolute Gasteiger partial charge is 0.455 e. The summed E-state index contributed by atoms with van der Waals surface area (Å²) in [6.07, 6.45) is 0. The maximum Gasteiger partial charge on any atom is 0.236 e. The minimum atomic E-state index is 0.573. The molecule has 5 aromatic heterocycles. The molecule has 13 aromatic rings. The van der Waals surface area contributed by atoms with Crippen molar-refractivity contribution in [2.45, 2.75) is 0 Å². The molecule has 0 spiro atoms. The topological polar surface area (TPSA) is 61.9 Å². The fraction of sp³-hybridized carbons (Fsp3) is 0. The molecule has 0 unspecified atom stereocenters. The molecule has 0 atom stereocenters. The summed E-state index contributed by atoms with van der Waals surface area (Å²) in [6, 6.07) is 59.4. The molecular weight excluding hydrogens is 689 g/mol. The van der Waals surface area contributed by atoms with Crippen LogP contribution in [-0.4, -0.2) is 19.1 Å². The average Bonchev–Trinajstić information content (AvgIpc) is 4.01. The number of nitrogens with zero attached hydrogens (tertiary/aromatic N) is 4. The van der Waals surface area contributed by atoms with Gasteiger partial charge in [0, 0.05) is 48.7 Å². The minimum Gasteiger partial charge on any atom is -0.455 e. The lowest BCUT2D eigenvalue weighted by molar-refractivity contribution is 0.666. The highest BCUT2D eigenvalue weighted by atomic mass is 16.3. The van der Waals surface area contributed by atoms with Gasteiger partial charge in [-0.05, 0) is 48.5 Å². The normalized spacial score (nSPS) is 12.3. The lowest BCUT2D eigenvalue weighted by Crippen LogP contribution is -2.02. The maximum atomic E-state index is 7.11. The van der Waals surface area contributed by atoms with Crippen molar-refractivity contribution in [1.29, 1.82) is 0 Å². The molecule has 0 saturated carbocycles. The highest BCUT2D eigenvalue weighted by Gasteiger charge is 2.25. The Morgan fingerprint density at radius 2 is 0.964 bits per heavy atom. The molecule has 0 fully saturated rings. The van der Waals surface area contributed by atoms with Crippen LogP contribution in [0, 0.1) is 0 Å². The van der Waals surface area contributed by atoms with E-state index in [1.807, 2.05) is 36.4 Å².